The molecule has 1 aliphatic rings. The number of carbonyl (C=O) groups is 2. The molecule has 37 heavy (non-hydrogen) atoms. The van der Waals surface area contributed by atoms with Gasteiger partial charge in [-0.1, -0.05) is 23.7 Å². The van der Waals surface area contributed by atoms with Gasteiger partial charge in [0.15, 0.2) is 11.5 Å². The van der Waals surface area contributed by atoms with E-state index in [1.807, 2.05) is 6.92 Å². The summed E-state index contributed by atoms with van der Waals surface area (Å²) >= 11 is 6.26. The van der Waals surface area contributed by atoms with Crippen LogP contribution in [0.1, 0.15) is 31.0 Å². The highest BCUT2D eigenvalue weighted by Crippen LogP contribution is 2.45. The Hall–Kier alpha value is -4.17. The highest BCUT2D eigenvalue weighted by Gasteiger charge is 2.47. The van der Waals surface area contributed by atoms with Crippen LogP contribution in [0.5, 0.6) is 23.0 Å². The molecular weight excluding hydrogens is 498 g/mol. The van der Waals surface area contributed by atoms with E-state index in [1.54, 1.807) is 55.5 Å². The lowest BCUT2D eigenvalue weighted by Crippen LogP contribution is -2.29. The Labute approximate surface area is 219 Å². The van der Waals surface area contributed by atoms with Crippen molar-refractivity contribution in [3.8, 4) is 23.0 Å². The molecule has 2 N–H and O–H groups in total. The van der Waals surface area contributed by atoms with Crippen LogP contribution in [0.15, 0.2) is 66.2 Å². The van der Waals surface area contributed by atoms with Gasteiger partial charge >= 0.3 is 0 Å². The molecule has 3 aromatic carbocycles. The molecule has 1 amide bonds. The Kier molecular flexibility index (Phi) is 7.59. The van der Waals surface area contributed by atoms with Gasteiger partial charge in [-0.05, 0) is 61.9 Å². The molecule has 0 spiro atoms. The number of aliphatic hydroxyl groups is 1. The summed E-state index contributed by atoms with van der Waals surface area (Å²) < 4.78 is 16.3. The number of amides is 1. The van der Waals surface area contributed by atoms with Crippen molar-refractivity contribution in [2.75, 3.05) is 25.2 Å². The second-order valence-corrected chi connectivity index (χ2v) is 8.52. The van der Waals surface area contributed by atoms with Gasteiger partial charge in [0.2, 0.25) is 0 Å². The van der Waals surface area contributed by atoms with Crippen LogP contribution in [0.25, 0.3) is 5.76 Å². The van der Waals surface area contributed by atoms with E-state index in [1.165, 1.54) is 24.1 Å². The van der Waals surface area contributed by atoms with Crippen LogP contribution in [0, 0.1) is 0 Å². The van der Waals surface area contributed by atoms with Gasteiger partial charge in [0.05, 0.1) is 37.0 Å². The predicted molar refractivity (Wildman–Crippen MR) is 140 cm³/mol. The highest BCUT2D eigenvalue weighted by atomic mass is 35.5. The van der Waals surface area contributed by atoms with Crippen LogP contribution in [0.2, 0.25) is 5.02 Å². The van der Waals surface area contributed by atoms with E-state index in [-0.39, 0.29) is 34.3 Å². The number of phenolic OH excluding ortho intramolecular Hbond substituents is 1. The largest absolute Gasteiger partial charge is 0.507 e. The molecule has 0 radical (unpaired) electrons. The topological polar surface area (TPSA) is 106 Å². The molecule has 9 heteroatoms. The number of aromatic hydroxyl groups is 1. The van der Waals surface area contributed by atoms with E-state index in [0.717, 1.165) is 0 Å². The number of rotatable bonds is 8. The van der Waals surface area contributed by atoms with Gasteiger partial charge in [-0.2, -0.15) is 0 Å². The van der Waals surface area contributed by atoms with Crippen molar-refractivity contribution in [2.45, 2.75) is 19.9 Å². The van der Waals surface area contributed by atoms with Crippen LogP contribution < -0.4 is 19.1 Å². The van der Waals surface area contributed by atoms with Gasteiger partial charge in [0.1, 0.15) is 17.3 Å². The number of benzene rings is 3. The second-order valence-electron chi connectivity index (χ2n) is 8.11. The molecule has 1 heterocycles. The smallest absolute Gasteiger partial charge is 0.300 e. The number of ether oxygens (including phenoxy) is 3. The van der Waals surface area contributed by atoms with Crippen LogP contribution in [-0.2, 0) is 9.59 Å². The molecule has 0 aromatic heterocycles. The number of anilines is 1. The molecule has 1 unspecified atom stereocenters. The molecule has 1 atom stereocenters. The average Bonchev–Trinajstić information content (AvgIpc) is 3.15. The van der Waals surface area contributed by atoms with Gasteiger partial charge in [-0.3, -0.25) is 14.5 Å². The zero-order valence-corrected chi connectivity index (χ0v) is 21.3. The van der Waals surface area contributed by atoms with Crippen LogP contribution >= 0.6 is 11.6 Å². The second kappa shape index (κ2) is 10.8. The minimum Gasteiger partial charge on any atom is -0.507 e. The minimum absolute atomic E-state index is 0.0946. The summed E-state index contributed by atoms with van der Waals surface area (Å²) in [7, 11) is 1.46. The maximum atomic E-state index is 13.4. The molecule has 1 aliphatic heterocycles. The van der Waals surface area contributed by atoms with Crippen molar-refractivity contribution in [3.63, 3.8) is 0 Å². The molecule has 8 nitrogen and oxygen atoms in total. The third kappa shape index (κ3) is 4.93. The van der Waals surface area contributed by atoms with E-state index in [9.17, 15) is 19.8 Å². The van der Waals surface area contributed by atoms with Crippen molar-refractivity contribution in [1.29, 1.82) is 0 Å². The lowest BCUT2D eigenvalue weighted by molar-refractivity contribution is -0.132. The summed E-state index contributed by atoms with van der Waals surface area (Å²) in [6, 6.07) is 14.8. The van der Waals surface area contributed by atoms with Gasteiger partial charge < -0.3 is 24.4 Å². The van der Waals surface area contributed by atoms with Gasteiger partial charge in [-0.25, -0.2) is 0 Å². The molecule has 192 valence electrons. The molecule has 0 saturated carbocycles. The Morgan fingerprint density at radius 3 is 2.41 bits per heavy atom. The predicted octanol–water partition coefficient (Wildman–Crippen LogP) is 5.48. The first-order valence-corrected chi connectivity index (χ1v) is 12.0. The number of halogens is 1. The first-order valence-electron chi connectivity index (χ1n) is 11.6. The quantitative estimate of drug-likeness (QED) is 0.229. The van der Waals surface area contributed by atoms with Gasteiger partial charge in [-0.15, -0.1) is 0 Å². The summed E-state index contributed by atoms with van der Waals surface area (Å²) in [5.41, 5.74) is 0.946. The lowest BCUT2D eigenvalue weighted by atomic mass is 9.94. The van der Waals surface area contributed by atoms with E-state index >= 15 is 0 Å². The number of methoxy groups -OCH3 is 1. The number of nitrogens with zero attached hydrogens (tertiary/aromatic N) is 1. The first-order chi connectivity index (χ1) is 17.8. The third-order valence-electron chi connectivity index (χ3n) is 5.88. The molecule has 0 aliphatic carbocycles. The number of hydrogen-bond acceptors (Lipinski definition) is 7. The molecular formula is C28H26ClNO7. The lowest BCUT2D eigenvalue weighted by Gasteiger charge is -2.26. The van der Waals surface area contributed by atoms with Crippen molar-refractivity contribution < 1.29 is 34.0 Å². The third-order valence-corrected chi connectivity index (χ3v) is 6.17. The number of ketones is 1. The minimum atomic E-state index is -1.03. The summed E-state index contributed by atoms with van der Waals surface area (Å²) in [4.78, 5) is 28.1. The van der Waals surface area contributed by atoms with Crippen LogP contribution in [-0.4, -0.2) is 42.2 Å². The van der Waals surface area contributed by atoms with Gasteiger partial charge in [0, 0.05) is 17.3 Å². The average molecular weight is 524 g/mol. The van der Waals surface area contributed by atoms with E-state index < -0.39 is 23.5 Å². The van der Waals surface area contributed by atoms with E-state index in [4.69, 9.17) is 25.8 Å². The molecule has 0 bridgehead atoms. The Morgan fingerprint density at radius 1 is 0.973 bits per heavy atom. The summed E-state index contributed by atoms with van der Waals surface area (Å²) in [6.07, 6.45) is 0. The summed E-state index contributed by atoms with van der Waals surface area (Å²) in [5.74, 6) is -1.11. The van der Waals surface area contributed by atoms with E-state index in [0.29, 0.717) is 29.4 Å². The summed E-state index contributed by atoms with van der Waals surface area (Å²) in [5, 5.41) is 21.8. The Bertz CT molecular complexity index is 1380. The van der Waals surface area contributed by atoms with Crippen molar-refractivity contribution in [1.82, 2.24) is 0 Å². The molecule has 3 aromatic rings. The monoisotopic (exact) mass is 523 g/mol. The molecule has 1 saturated heterocycles. The SMILES string of the molecule is CCOc1cccc(N2C(=O)C(=O)/C(=C(\O)c3ccc(OC)c(Cl)c3)C2c2ccc(O)c(OCC)c2)c1. The standard InChI is InChI=1S/C28H26ClNO7/c1-4-36-19-8-6-7-18(15-19)30-25(16-9-11-21(31)23(14-16)37-5-2)24(27(33)28(30)34)26(32)17-10-12-22(35-3)20(29)13-17/h6-15,25,31-32H,4-5H2,1-3H3/b26-24-. The number of carbonyl (C=O) groups excluding carboxylic acids is 2. The normalized spacial score (nSPS) is 16.6. The zero-order chi connectivity index (χ0) is 26.7. The van der Waals surface area contributed by atoms with Crippen molar-refractivity contribution in [2.24, 2.45) is 0 Å². The zero-order valence-electron chi connectivity index (χ0n) is 20.5. The first kappa shape index (κ1) is 25.9. The fourth-order valence-corrected chi connectivity index (χ4v) is 4.50. The number of phenols is 1. The fraction of sp³-hybridized carbons (Fsp3) is 0.214. The van der Waals surface area contributed by atoms with E-state index in [2.05, 4.69) is 0 Å². The molecule has 4 rings (SSSR count). The summed E-state index contributed by atoms with van der Waals surface area (Å²) in [6.45, 7) is 4.31. The number of hydrogen-bond donors (Lipinski definition) is 2. The van der Waals surface area contributed by atoms with Crippen molar-refractivity contribution >= 4 is 34.7 Å². The fourth-order valence-electron chi connectivity index (χ4n) is 4.25. The maximum Gasteiger partial charge on any atom is 0.300 e. The number of Topliss-reactive ketones (excluding diaryl/α,β-unsaturated/α-hetero) is 1. The number of aliphatic hydroxyl groups excluding tert-OH is 1. The van der Waals surface area contributed by atoms with Crippen LogP contribution in [0.3, 0.4) is 0 Å². The van der Waals surface area contributed by atoms with Crippen molar-refractivity contribution in [3.05, 3.63) is 82.4 Å². The molecule has 1 fully saturated rings. The Balaban J connectivity index is 1.95. The Morgan fingerprint density at radius 2 is 1.73 bits per heavy atom. The highest BCUT2D eigenvalue weighted by molar-refractivity contribution is 6.51. The van der Waals surface area contributed by atoms with Gasteiger partial charge in [0.25, 0.3) is 11.7 Å². The van der Waals surface area contributed by atoms with Crippen LogP contribution in [0.4, 0.5) is 5.69 Å². The maximum absolute atomic E-state index is 13.4.